The number of hydrogen-bond acceptors (Lipinski definition) is 2. The predicted octanol–water partition coefficient (Wildman–Crippen LogP) is 16.9. The molecule has 14 rings (SSSR count). The number of aromatic nitrogens is 5. The van der Waals surface area contributed by atoms with Crippen molar-refractivity contribution >= 4 is 54.6 Å². The lowest BCUT2D eigenvalue weighted by Gasteiger charge is -2.25. The molecule has 0 aliphatic carbocycles. The van der Waals surface area contributed by atoms with Crippen molar-refractivity contribution in [3.05, 3.63) is 278 Å². The summed E-state index contributed by atoms with van der Waals surface area (Å²) in [6, 6.07) is 56.1. The smallest absolute Gasteiger partial charge is 0.269 e. The Bertz CT molecular complexity index is 5030. The van der Waals surface area contributed by atoms with E-state index in [0.29, 0.717) is 39.6 Å². The fourth-order valence-electron chi connectivity index (χ4n) is 10.8. The zero-order chi connectivity index (χ0) is 61.2. The summed E-state index contributed by atoms with van der Waals surface area (Å²) < 4.78 is 123. The van der Waals surface area contributed by atoms with Crippen LogP contribution in [-0.2, 0) is 11.8 Å². The molecule has 6 nitrogen and oxygen atoms in total. The molecule has 0 bridgehead atoms. The number of rotatable bonds is 11. The van der Waals surface area contributed by atoms with Gasteiger partial charge >= 0.3 is 0 Å². The van der Waals surface area contributed by atoms with Crippen LogP contribution in [0.2, 0.25) is 0 Å². The summed E-state index contributed by atoms with van der Waals surface area (Å²) in [6.45, 7) is 3.84. The van der Waals surface area contributed by atoms with Crippen LogP contribution in [0.5, 0.6) is 11.5 Å². The summed E-state index contributed by atoms with van der Waals surface area (Å²) in [4.78, 5) is 4.99. The summed E-state index contributed by atoms with van der Waals surface area (Å²) >= 11 is 0. The third-order valence-electron chi connectivity index (χ3n) is 14.1. The molecule has 4 aromatic heterocycles. The monoisotopic (exact) mass is 989 g/mol. The van der Waals surface area contributed by atoms with Gasteiger partial charge in [0, 0.05) is 42.6 Å². The number of para-hydroxylation sites is 6. The van der Waals surface area contributed by atoms with Gasteiger partial charge in [-0.1, -0.05) is 208 Å². The first-order chi connectivity index (χ1) is 42.4. The lowest BCUT2D eigenvalue weighted by Crippen LogP contribution is -2.31. The van der Waals surface area contributed by atoms with E-state index in [1.54, 1.807) is 39.6 Å². The Balaban J connectivity index is 0.976. The Morgan fingerprint density at radius 3 is 1.82 bits per heavy atom. The van der Waals surface area contributed by atoms with Crippen LogP contribution in [0.25, 0.3) is 99.8 Å². The van der Waals surface area contributed by atoms with Crippen molar-refractivity contribution in [1.29, 1.82) is 0 Å². The van der Waals surface area contributed by atoms with Gasteiger partial charge in [0.1, 0.15) is 17.3 Å². The van der Waals surface area contributed by atoms with Crippen LogP contribution in [0, 0.1) is 6.33 Å². The normalized spacial score (nSPS) is 14.3. The maximum atomic E-state index is 9.76. The number of nitrogens with zero attached hydrogens (tertiary/aromatic N) is 5. The van der Waals surface area contributed by atoms with Crippen LogP contribution in [0.15, 0.2) is 261 Å². The maximum Gasteiger partial charge on any atom is 0.269 e. The Kier molecular flexibility index (Phi) is 8.15. The van der Waals surface area contributed by atoms with Crippen LogP contribution < -0.4 is 9.30 Å². The number of hydrogen-bond donors (Lipinski definition) is 0. The van der Waals surface area contributed by atoms with E-state index < -0.39 is 72.2 Å². The SMILES string of the molecule is [2H]c1c([2H])c([2H])c(-c2cccc(-c3c([2H])c([2H])c([2H])c([2H])c3[2H])c2-[n+]2[c-]n(-c3cccc(Oc4cc(-n5c6ccccc6c6ccccc65)c5c6ccccc6n(-c6cc(C([2H])([2H])C(C)(C)c7ccccc7)ccn6)c5c4)c3)c3ccccc32)c([2H])c1[2H]. The van der Waals surface area contributed by atoms with Gasteiger partial charge in [-0.2, -0.15) is 0 Å². The highest BCUT2D eigenvalue weighted by Crippen LogP contribution is 2.43. The van der Waals surface area contributed by atoms with Crippen LogP contribution >= 0.6 is 0 Å². The zero-order valence-corrected chi connectivity index (χ0v) is 41.2. The summed E-state index contributed by atoms with van der Waals surface area (Å²) in [5.74, 6) is 1.41. The quantitative estimate of drug-likeness (QED) is 0.0957. The molecule has 0 radical (unpaired) electrons. The zero-order valence-electron chi connectivity index (χ0n) is 53.2. The second-order valence-corrected chi connectivity index (χ2v) is 19.1. The van der Waals surface area contributed by atoms with Gasteiger partial charge in [-0.15, -0.1) is 0 Å². The minimum Gasteiger partial charge on any atom is -0.458 e. The fourth-order valence-corrected chi connectivity index (χ4v) is 10.8. The topological polar surface area (TPSA) is 40.8 Å². The van der Waals surface area contributed by atoms with Gasteiger partial charge in [0.05, 0.1) is 63.9 Å². The standard InChI is InChI=1S/C70H51N5O/c1-70(2,51-26-10-5-11-27-51)46-48-40-41-71-67(42-48)75-62-37-17-14-32-59(62)68-65(74-60-35-15-12-30-57(60)58-31-13-16-36-61(58)74)44-54(45-66(68)75)76-53-29-20-28-52(43-53)72-47-73(64-39-19-18-38-63(64)72)69-55(49-22-6-3-7-23-49)33-21-34-56(69)50-24-8-4-9-25-50/h3-45H,46H2,1-2H3/i3D,4D,6D,7D,8D,9D,22D,23D,24D,25D,46D2. The van der Waals surface area contributed by atoms with Crippen molar-refractivity contribution in [3.8, 4) is 56.6 Å². The van der Waals surface area contributed by atoms with Crippen molar-refractivity contribution in [3.63, 3.8) is 0 Å². The summed E-state index contributed by atoms with van der Waals surface area (Å²) in [5, 5.41) is 3.98. The van der Waals surface area contributed by atoms with E-state index in [2.05, 4.69) is 45.8 Å². The Morgan fingerprint density at radius 2 is 1.13 bits per heavy atom. The minimum atomic E-state index is -1.85. The van der Waals surface area contributed by atoms with Gasteiger partial charge < -0.3 is 9.30 Å². The van der Waals surface area contributed by atoms with E-state index in [0.717, 1.165) is 54.9 Å². The molecule has 0 amide bonds. The van der Waals surface area contributed by atoms with Gasteiger partial charge in [-0.25, -0.2) is 4.98 Å². The van der Waals surface area contributed by atoms with Crippen molar-refractivity contribution in [2.24, 2.45) is 0 Å². The molecule has 0 spiro atoms. The summed E-state index contributed by atoms with van der Waals surface area (Å²) in [6.07, 6.45) is 3.30. The highest BCUT2D eigenvalue weighted by Gasteiger charge is 2.25. The number of imidazole rings is 1. The molecule has 4 heterocycles. The number of ether oxygens (including phenoxy) is 1. The second kappa shape index (κ2) is 18.3. The highest BCUT2D eigenvalue weighted by molar-refractivity contribution is 6.16. The number of benzene rings is 10. The van der Waals surface area contributed by atoms with E-state index in [-0.39, 0.29) is 27.9 Å². The average molecular weight is 990 g/mol. The summed E-state index contributed by atoms with van der Waals surface area (Å²) in [7, 11) is 0. The van der Waals surface area contributed by atoms with Crippen LogP contribution in [0.4, 0.5) is 0 Å². The van der Waals surface area contributed by atoms with Crippen molar-refractivity contribution in [1.82, 2.24) is 18.7 Å². The van der Waals surface area contributed by atoms with E-state index >= 15 is 0 Å². The molecule has 0 N–H and O–H groups in total. The Labute approximate surface area is 458 Å². The van der Waals surface area contributed by atoms with E-state index in [9.17, 15) is 2.74 Å². The Hall–Kier alpha value is -9.78. The molecule has 10 aromatic carbocycles. The highest BCUT2D eigenvalue weighted by atomic mass is 16.5. The number of pyridine rings is 1. The average Bonchev–Trinajstić information content (AvgIpc) is 1.52. The van der Waals surface area contributed by atoms with Crippen molar-refractivity contribution in [2.45, 2.75) is 25.6 Å². The molecule has 0 fully saturated rings. The van der Waals surface area contributed by atoms with E-state index in [4.69, 9.17) is 23.4 Å². The van der Waals surface area contributed by atoms with E-state index in [1.807, 2.05) is 153 Å². The van der Waals surface area contributed by atoms with Crippen LogP contribution in [0.1, 0.15) is 41.4 Å². The molecular weight excluding hydrogens is 927 g/mol. The molecule has 0 saturated carbocycles. The van der Waals surface area contributed by atoms with Crippen molar-refractivity contribution in [2.75, 3.05) is 0 Å². The van der Waals surface area contributed by atoms with Gasteiger partial charge in [-0.05, 0) is 93.7 Å². The number of fused-ring (bicyclic) bond motifs is 7. The molecule has 0 saturated heterocycles. The molecule has 362 valence electrons. The predicted molar refractivity (Wildman–Crippen MR) is 311 cm³/mol. The molecule has 6 heteroatoms. The summed E-state index contributed by atoms with van der Waals surface area (Å²) in [5.41, 5.74) is 6.55. The largest absolute Gasteiger partial charge is 0.458 e. The third-order valence-corrected chi connectivity index (χ3v) is 14.1. The molecule has 76 heavy (non-hydrogen) atoms. The maximum absolute atomic E-state index is 9.76. The molecule has 0 unspecified atom stereocenters. The molecule has 0 atom stereocenters. The second-order valence-electron chi connectivity index (χ2n) is 19.1. The van der Waals surface area contributed by atoms with E-state index in [1.165, 1.54) is 0 Å². The fraction of sp³-hybridized carbons (Fsp3) is 0.0571. The lowest BCUT2D eigenvalue weighted by molar-refractivity contribution is -0.571. The van der Waals surface area contributed by atoms with Gasteiger partial charge in [-0.3, -0.25) is 13.7 Å². The lowest BCUT2D eigenvalue weighted by atomic mass is 9.79. The molecular formula is C70H51N5O. The molecule has 0 aliphatic rings. The van der Waals surface area contributed by atoms with Crippen molar-refractivity contribution < 1.29 is 25.8 Å². The molecule has 0 aliphatic heterocycles. The Morgan fingerprint density at radius 1 is 0.539 bits per heavy atom. The first kappa shape index (κ1) is 33.9. The van der Waals surface area contributed by atoms with Gasteiger partial charge in [0.15, 0.2) is 0 Å². The van der Waals surface area contributed by atoms with Gasteiger partial charge in [0.2, 0.25) is 0 Å². The van der Waals surface area contributed by atoms with Crippen LogP contribution in [0.3, 0.4) is 0 Å². The minimum absolute atomic E-state index is 0.131. The first-order valence-electron chi connectivity index (χ1n) is 31.0. The first-order valence-corrected chi connectivity index (χ1v) is 25.0. The third kappa shape index (κ3) is 7.65. The van der Waals surface area contributed by atoms with Gasteiger partial charge in [0.25, 0.3) is 6.33 Å². The van der Waals surface area contributed by atoms with Crippen LogP contribution in [-0.4, -0.2) is 18.7 Å². The molecule has 14 aromatic rings.